The molecule has 4 nitrogen and oxygen atoms in total. The Morgan fingerprint density at radius 2 is 1.73 bits per heavy atom. The number of pyridine rings is 2. The van der Waals surface area contributed by atoms with E-state index in [4.69, 9.17) is 10.1 Å². The summed E-state index contributed by atoms with van der Waals surface area (Å²) in [7, 11) is 0. The van der Waals surface area contributed by atoms with E-state index in [9.17, 15) is 4.79 Å². The van der Waals surface area contributed by atoms with Crippen molar-refractivity contribution in [3.05, 3.63) is 83.9 Å². The molecule has 30 heavy (non-hydrogen) atoms. The van der Waals surface area contributed by atoms with Gasteiger partial charge in [0.1, 0.15) is 5.69 Å². The maximum atomic E-state index is 10.1. The summed E-state index contributed by atoms with van der Waals surface area (Å²) in [5.74, 6) is -0.0580. The van der Waals surface area contributed by atoms with Gasteiger partial charge in [-0.2, -0.15) is 30.3 Å². The van der Waals surface area contributed by atoms with E-state index in [-0.39, 0.29) is 25.8 Å². The molecule has 3 aromatic rings. The predicted molar refractivity (Wildman–Crippen MR) is 116 cm³/mol. The molecule has 0 amide bonds. The third-order valence-corrected chi connectivity index (χ3v) is 4.93. The van der Waals surface area contributed by atoms with Crippen LogP contribution in [-0.2, 0) is 20.1 Å². The van der Waals surface area contributed by atoms with Gasteiger partial charge in [-0.1, -0.05) is 52.3 Å². The summed E-state index contributed by atoms with van der Waals surface area (Å²) in [5.41, 5.74) is 4.59. The number of aromatic carboxylic acids is 1. The van der Waals surface area contributed by atoms with E-state index in [1.807, 2.05) is 18.2 Å². The molecule has 1 aromatic carbocycles. The number of nitrogens with zero attached hydrogens (tertiary/aromatic N) is 2. The Morgan fingerprint density at radius 3 is 2.23 bits per heavy atom. The zero-order chi connectivity index (χ0) is 21.2. The van der Waals surface area contributed by atoms with Crippen molar-refractivity contribution < 1.29 is 30.0 Å². The van der Waals surface area contributed by atoms with Gasteiger partial charge in [-0.15, -0.1) is 12.1 Å². The largest absolute Gasteiger partial charge is 0.477 e. The molecule has 0 spiro atoms. The number of carboxylic acids is 1. The van der Waals surface area contributed by atoms with Crippen molar-refractivity contribution in [2.45, 2.75) is 52.4 Å². The zero-order valence-corrected chi connectivity index (χ0v) is 20.2. The van der Waals surface area contributed by atoms with E-state index in [0.29, 0.717) is 11.8 Å². The molecule has 5 heteroatoms. The number of hydrogen-bond donors (Lipinski definition) is 1. The van der Waals surface area contributed by atoms with Crippen molar-refractivity contribution in [3.8, 4) is 11.1 Å². The van der Waals surface area contributed by atoms with Crippen LogP contribution in [0.4, 0.5) is 0 Å². The number of aromatic nitrogens is 2. The third-order valence-electron chi connectivity index (χ3n) is 4.93. The smallest absolute Gasteiger partial charge is 0.354 e. The molecule has 0 saturated carbocycles. The quantitative estimate of drug-likeness (QED) is 0.355. The molecule has 3 rings (SSSR count). The van der Waals surface area contributed by atoms with E-state index < -0.39 is 5.97 Å². The van der Waals surface area contributed by atoms with Crippen LogP contribution in [0.1, 0.15) is 74.2 Å². The average Bonchev–Trinajstić information content (AvgIpc) is 2.79. The van der Waals surface area contributed by atoms with E-state index >= 15 is 0 Å². The summed E-state index contributed by atoms with van der Waals surface area (Å²) in [6, 6.07) is 21.6. The Bertz CT molecular complexity index is 902. The van der Waals surface area contributed by atoms with Crippen molar-refractivity contribution in [1.29, 1.82) is 0 Å². The van der Waals surface area contributed by atoms with Crippen LogP contribution in [0.3, 0.4) is 0 Å². The maximum absolute atomic E-state index is 10.1. The molecule has 0 saturated heterocycles. The molecule has 2 unspecified atom stereocenters. The van der Waals surface area contributed by atoms with Gasteiger partial charge >= 0.3 is 5.97 Å². The van der Waals surface area contributed by atoms with Gasteiger partial charge in [0.05, 0.1) is 0 Å². The second-order valence-electron chi connectivity index (χ2n) is 7.00. The summed E-state index contributed by atoms with van der Waals surface area (Å²) in [6.07, 6.45) is 3.64. The monoisotopic (exact) mass is 581 g/mol. The molecule has 0 aliphatic heterocycles. The average molecular weight is 581 g/mol. The molecular weight excluding hydrogens is 553 g/mol. The summed E-state index contributed by atoms with van der Waals surface area (Å²) >= 11 is 0. The first kappa shape index (κ1) is 25.7. The number of rotatable bonds is 6. The van der Waals surface area contributed by atoms with Crippen molar-refractivity contribution >= 4 is 5.97 Å². The Kier molecular flexibility index (Phi) is 11.2. The van der Waals surface area contributed by atoms with Gasteiger partial charge < -0.3 is 10.1 Å². The van der Waals surface area contributed by atoms with Gasteiger partial charge in [-0.3, -0.25) is 0 Å². The fourth-order valence-electron chi connectivity index (χ4n) is 2.71. The van der Waals surface area contributed by atoms with Crippen molar-refractivity contribution in [2.75, 3.05) is 0 Å². The molecule has 1 radical (unpaired) electrons. The van der Waals surface area contributed by atoms with Crippen LogP contribution in [-0.4, -0.2) is 21.0 Å². The number of carbonyl (C=O) groups is 1. The number of hydrogen-bond acceptors (Lipinski definition) is 3. The summed E-state index contributed by atoms with van der Waals surface area (Å²) < 4.78 is 0. The molecule has 1 N–H and O–H groups in total. The van der Waals surface area contributed by atoms with Gasteiger partial charge in [0.2, 0.25) is 0 Å². The summed E-state index contributed by atoms with van der Waals surface area (Å²) in [6.45, 7) is 8.88. The third kappa shape index (κ3) is 7.16. The van der Waals surface area contributed by atoms with Crippen LogP contribution in [0.15, 0.2) is 54.7 Å². The standard InChI is InChI=1S/C19H23N.C6H5NO2.Ir/c1-5-14(3)18-13-12-17(16-10-8-7-9-11-16)19(20-18)15(4)6-2;8-6(9)5-3-1-2-4-7-5;/h7-10,13-15H,5-6H2,1-4H3;1-4H,(H,8,9);/q-2;;. The molecule has 2 atom stereocenters. The minimum Gasteiger partial charge on any atom is -0.477 e. The van der Waals surface area contributed by atoms with Gasteiger partial charge in [0, 0.05) is 26.3 Å². The number of benzene rings is 1. The van der Waals surface area contributed by atoms with Crippen molar-refractivity contribution in [2.24, 2.45) is 0 Å². The summed E-state index contributed by atoms with van der Waals surface area (Å²) in [5, 5.41) is 8.32. The molecule has 0 fully saturated rings. The van der Waals surface area contributed by atoms with Crippen LogP contribution < -0.4 is 0 Å². The minimum atomic E-state index is -0.990. The van der Waals surface area contributed by atoms with E-state index in [1.165, 1.54) is 12.3 Å². The second kappa shape index (κ2) is 13.0. The van der Waals surface area contributed by atoms with E-state index in [0.717, 1.165) is 35.4 Å². The Hall–Kier alpha value is -2.36. The fraction of sp³-hybridized carbons (Fsp3) is 0.320. The molecule has 2 heterocycles. The Balaban J connectivity index is 0.000000379. The topological polar surface area (TPSA) is 63.1 Å². The maximum Gasteiger partial charge on any atom is 0.354 e. The molecule has 0 bridgehead atoms. The number of carboxylic acid groups (broad SMARTS) is 1. The Morgan fingerprint density at radius 1 is 1.03 bits per heavy atom. The SMILES string of the molecule is CCC(C)c1c[c-]c(-c2[c-]cccc2)c(C(C)CC)n1.O=C(O)c1ccccn1.[Ir]. The van der Waals surface area contributed by atoms with Crippen LogP contribution in [0.25, 0.3) is 11.1 Å². The van der Waals surface area contributed by atoms with Crippen molar-refractivity contribution in [1.82, 2.24) is 9.97 Å². The fourth-order valence-corrected chi connectivity index (χ4v) is 2.71. The van der Waals surface area contributed by atoms with Crippen molar-refractivity contribution in [3.63, 3.8) is 0 Å². The van der Waals surface area contributed by atoms with Crippen LogP contribution >= 0.6 is 0 Å². The summed E-state index contributed by atoms with van der Waals surface area (Å²) in [4.78, 5) is 18.7. The van der Waals surface area contributed by atoms with Gasteiger partial charge in [-0.25, -0.2) is 20.9 Å². The molecule has 161 valence electrons. The first-order valence-corrected chi connectivity index (χ1v) is 10.0. The second-order valence-corrected chi connectivity index (χ2v) is 7.00. The first-order valence-electron chi connectivity index (χ1n) is 10.0. The Labute approximate surface area is 193 Å². The minimum absolute atomic E-state index is 0. The van der Waals surface area contributed by atoms with Gasteiger partial charge in [0.25, 0.3) is 0 Å². The van der Waals surface area contributed by atoms with Gasteiger partial charge in [0.15, 0.2) is 0 Å². The zero-order valence-electron chi connectivity index (χ0n) is 17.8. The molecule has 0 aliphatic carbocycles. The van der Waals surface area contributed by atoms with Crippen LogP contribution in [0.2, 0.25) is 0 Å². The van der Waals surface area contributed by atoms with Crippen LogP contribution in [0.5, 0.6) is 0 Å². The molecule has 2 aromatic heterocycles. The van der Waals surface area contributed by atoms with Crippen LogP contribution in [0, 0.1) is 12.1 Å². The van der Waals surface area contributed by atoms with E-state index in [1.54, 1.807) is 12.1 Å². The molecular formula is C25H28IrN2O2-2. The van der Waals surface area contributed by atoms with Gasteiger partial charge in [-0.05, 0) is 29.7 Å². The molecule has 0 aliphatic rings. The normalized spacial score (nSPS) is 12.0. The predicted octanol–water partition coefficient (Wildman–Crippen LogP) is 6.15. The first-order chi connectivity index (χ1) is 14.0. The van der Waals surface area contributed by atoms with E-state index in [2.05, 4.69) is 56.9 Å².